The molecule has 0 saturated heterocycles. The van der Waals surface area contributed by atoms with Crippen LogP contribution in [-0.2, 0) is 6.18 Å². The zero-order chi connectivity index (χ0) is 10.8. The Bertz CT molecular complexity index is 334. The Morgan fingerprint density at radius 3 is 2.07 bits per heavy atom. The molecule has 0 radical (unpaired) electrons. The molecule has 0 fully saturated rings. The van der Waals surface area contributed by atoms with Gasteiger partial charge in [-0.15, -0.1) is 0 Å². The van der Waals surface area contributed by atoms with Crippen LogP contribution in [0.4, 0.5) is 18.9 Å². The van der Waals surface area contributed by atoms with Crippen LogP contribution >= 0.6 is 0 Å². The second-order valence-electron chi connectivity index (χ2n) is 2.80. The molecule has 1 rings (SSSR count). The molecule has 0 amide bonds. The van der Waals surface area contributed by atoms with Crippen LogP contribution in [0, 0.1) is 0 Å². The fourth-order valence-electron chi connectivity index (χ4n) is 0.929. The number of alkyl halides is 3. The molecule has 0 spiro atoms. The molecule has 1 aromatic rings. The molecule has 0 heterocycles. The van der Waals surface area contributed by atoms with E-state index in [4.69, 9.17) is 5.73 Å². The van der Waals surface area contributed by atoms with E-state index >= 15 is 0 Å². The summed E-state index contributed by atoms with van der Waals surface area (Å²) in [5.74, 6) is 0.310. The van der Waals surface area contributed by atoms with Gasteiger partial charge in [0.25, 0.3) is 0 Å². The lowest BCUT2D eigenvalue weighted by Crippen LogP contribution is -2.05. The van der Waals surface area contributed by atoms with Gasteiger partial charge in [0.1, 0.15) is 0 Å². The van der Waals surface area contributed by atoms with Crippen molar-refractivity contribution >= 4 is 11.5 Å². The largest absolute Gasteiger partial charge is 0.416 e. The summed E-state index contributed by atoms with van der Waals surface area (Å²) in [6, 6.07) is 4.50. The summed E-state index contributed by atoms with van der Waals surface area (Å²) < 4.78 is 36.4. The third-order valence-electron chi connectivity index (χ3n) is 1.50. The smallest absolute Gasteiger partial charge is 0.387 e. The van der Waals surface area contributed by atoms with Gasteiger partial charge in [0.15, 0.2) is 0 Å². The number of halogens is 3. The van der Waals surface area contributed by atoms with Crippen LogP contribution in [0.15, 0.2) is 29.3 Å². The average Bonchev–Trinajstić information content (AvgIpc) is 2.02. The first-order valence-electron chi connectivity index (χ1n) is 3.87. The van der Waals surface area contributed by atoms with E-state index in [0.29, 0.717) is 11.5 Å². The van der Waals surface area contributed by atoms with Gasteiger partial charge in [-0.3, -0.25) is 0 Å². The zero-order valence-corrected chi connectivity index (χ0v) is 7.47. The SMILES string of the molecule is CC(N)=Nc1ccc(C(F)(F)F)cc1. The van der Waals surface area contributed by atoms with E-state index in [1.54, 1.807) is 6.92 Å². The van der Waals surface area contributed by atoms with Crippen molar-refractivity contribution in [2.45, 2.75) is 13.1 Å². The summed E-state index contributed by atoms with van der Waals surface area (Å²) >= 11 is 0. The fourth-order valence-corrected chi connectivity index (χ4v) is 0.929. The molecule has 14 heavy (non-hydrogen) atoms. The van der Waals surface area contributed by atoms with Crippen molar-refractivity contribution in [3.63, 3.8) is 0 Å². The van der Waals surface area contributed by atoms with Crippen LogP contribution in [0.25, 0.3) is 0 Å². The Morgan fingerprint density at radius 1 is 1.21 bits per heavy atom. The quantitative estimate of drug-likeness (QED) is 0.551. The molecule has 0 aliphatic heterocycles. The standard InChI is InChI=1S/C9H9F3N2/c1-6(13)14-8-4-2-7(3-5-8)9(10,11)12/h2-5H,1H3,(H2,13,14). The van der Waals surface area contributed by atoms with E-state index in [9.17, 15) is 13.2 Å². The van der Waals surface area contributed by atoms with Gasteiger partial charge >= 0.3 is 6.18 Å². The summed E-state index contributed by atoms with van der Waals surface area (Å²) in [6.07, 6.45) is -4.31. The van der Waals surface area contributed by atoms with Crippen LogP contribution in [-0.4, -0.2) is 5.84 Å². The number of benzene rings is 1. The molecule has 2 N–H and O–H groups in total. The van der Waals surface area contributed by atoms with Gasteiger partial charge in [0.2, 0.25) is 0 Å². The zero-order valence-electron chi connectivity index (χ0n) is 7.47. The highest BCUT2D eigenvalue weighted by atomic mass is 19.4. The van der Waals surface area contributed by atoms with E-state index in [1.807, 2.05) is 0 Å². The van der Waals surface area contributed by atoms with Crippen molar-refractivity contribution in [3.05, 3.63) is 29.8 Å². The molecule has 76 valence electrons. The van der Waals surface area contributed by atoms with Gasteiger partial charge in [-0.2, -0.15) is 13.2 Å². The molecule has 1 aromatic carbocycles. The lowest BCUT2D eigenvalue weighted by Gasteiger charge is -2.05. The Balaban J connectivity index is 2.95. The van der Waals surface area contributed by atoms with Crippen molar-refractivity contribution < 1.29 is 13.2 Å². The maximum atomic E-state index is 12.1. The van der Waals surface area contributed by atoms with E-state index in [0.717, 1.165) is 12.1 Å². The molecule has 0 unspecified atom stereocenters. The number of rotatable bonds is 1. The van der Waals surface area contributed by atoms with Gasteiger partial charge in [-0.1, -0.05) is 0 Å². The van der Waals surface area contributed by atoms with Gasteiger partial charge < -0.3 is 5.73 Å². The van der Waals surface area contributed by atoms with Crippen molar-refractivity contribution in [2.24, 2.45) is 10.7 Å². The van der Waals surface area contributed by atoms with E-state index in [1.165, 1.54) is 12.1 Å². The number of amidine groups is 1. The molecule has 0 aromatic heterocycles. The number of hydrogen-bond acceptors (Lipinski definition) is 1. The summed E-state index contributed by atoms with van der Waals surface area (Å²) in [5, 5.41) is 0. The first-order valence-corrected chi connectivity index (χ1v) is 3.87. The highest BCUT2D eigenvalue weighted by Gasteiger charge is 2.29. The topological polar surface area (TPSA) is 38.4 Å². The first kappa shape index (κ1) is 10.6. The van der Waals surface area contributed by atoms with Crippen molar-refractivity contribution in [3.8, 4) is 0 Å². The molecule has 0 bridgehead atoms. The third kappa shape index (κ3) is 2.76. The maximum Gasteiger partial charge on any atom is 0.416 e. The number of hydrogen-bond donors (Lipinski definition) is 1. The van der Waals surface area contributed by atoms with E-state index < -0.39 is 11.7 Å². The Morgan fingerprint density at radius 2 is 1.71 bits per heavy atom. The van der Waals surface area contributed by atoms with Gasteiger partial charge in [0, 0.05) is 0 Å². The minimum Gasteiger partial charge on any atom is -0.387 e. The van der Waals surface area contributed by atoms with Crippen molar-refractivity contribution in [1.82, 2.24) is 0 Å². The molecular weight excluding hydrogens is 193 g/mol. The number of nitrogens with two attached hydrogens (primary N) is 1. The molecule has 0 atom stereocenters. The van der Waals surface area contributed by atoms with Crippen LogP contribution in [0.1, 0.15) is 12.5 Å². The van der Waals surface area contributed by atoms with Crippen LogP contribution < -0.4 is 5.73 Å². The molecule has 0 saturated carbocycles. The van der Waals surface area contributed by atoms with Crippen LogP contribution in [0.3, 0.4) is 0 Å². The molecule has 2 nitrogen and oxygen atoms in total. The van der Waals surface area contributed by atoms with Gasteiger partial charge in [-0.05, 0) is 31.2 Å². The minimum absolute atomic E-state index is 0.310. The highest BCUT2D eigenvalue weighted by Crippen LogP contribution is 2.30. The Hall–Kier alpha value is -1.52. The predicted octanol–water partition coefficient (Wildman–Crippen LogP) is 2.71. The lowest BCUT2D eigenvalue weighted by atomic mass is 10.2. The normalized spacial score (nSPS) is 13.0. The van der Waals surface area contributed by atoms with Crippen LogP contribution in [0.5, 0.6) is 0 Å². The summed E-state index contributed by atoms with van der Waals surface area (Å²) in [5.41, 5.74) is 5.00. The Labute approximate surface area is 79.3 Å². The van der Waals surface area contributed by atoms with Gasteiger partial charge in [-0.25, -0.2) is 4.99 Å². The second-order valence-corrected chi connectivity index (χ2v) is 2.80. The molecule has 0 aliphatic carbocycles. The van der Waals surface area contributed by atoms with E-state index in [2.05, 4.69) is 4.99 Å². The fraction of sp³-hybridized carbons (Fsp3) is 0.222. The highest BCUT2D eigenvalue weighted by molar-refractivity contribution is 5.80. The first-order chi connectivity index (χ1) is 6.39. The lowest BCUT2D eigenvalue weighted by molar-refractivity contribution is -0.137. The average molecular weight is 202 g/mol. The van der Waals surface area contributed by atoms with Crippen molar-refractivity contribution in [2.75, 3.05) is 0 Å². The Kier molecular flexibility index (Phi) is 2.78. The molecular formula is C9H9F3N2. The minimum atomic E-state index is -4.31. The number of nitrogens with zero attached hydrogens (tertiary/aromatic N) is 1. The number of aliphatic imine (C=N–C) groups is 1. The summed E-state index contributed by atoms with van der Waals surface area (Å²) in [4.78, 5) is 3.81. The molecule has 0 aliphatic rings. The molecule has 5 heteroatoms. The maximum absolute atomic E-state index is 12.1. The van der Waals surface area contributed by atoms with Gasteiger partial charge in [0.05, 0.1) is 17.1 Å². The summed E-state index contributed by atoms with van der Waals surface area (Å²) in [7, 11) is 0. The second kappa shape index (κ2) is 3.69. The third-order valence-corrected chi connectivity index (χ3v) is 1.50. The monoisotopic (exact) mass is 202 g/mol. The van der Waals surface area contributed by atoms with Crippen LogP contribution in [0.2, 0.25) is 0 Å². The van der Waals surface area contributed by atoms with E-state index in [-0.39, 0.29) is 0 Å². The predicted molar refractivity (Wildman–Crippen MR) is 48.4 cm³/mol. The van der Waals surface area contributed by atoms with Crippen molar-refractivity contribution in [1.29, 1.82) is 0 Å². The summed E-state index contributed by atoms with van der Waals surface area (Å²) in [6.45, 7) is 1.57.